The molecule has 9 nitrogen and oxygen atoms in total. The third-order valence-electron chi connectivity index (χ3n) is 8.87. The van der Waals surface area contributed by atoms with Gasteiger partial charge < -0.3 is 23.8 Å². The number of esters is 1. The molecule has 5 rings (SSSR count). The van der Waals surface area contributed by atoms with E-state index in [0.29, 0.717) is 59.5 Å². The summed E-state index contributed by atoms with van der Waals surface area (Å²) in [6, 6.07) is 15.7. The van der Waals surface area contributed by atoms with E-state index < -0.39 is 17.7 Å². The van der Waals surface area contributed by atoms with Crippen LogP contribution in [0, 0.1) is 6.92 Å². The molecule has 0 amide bonds. The number of benzene rings is 2. The first-order valence-electron chi connectivity index (χ1n) is 17.1. The summed E-state index contributed by atoms with van der Waals surface area (Å²) in [5.74, 6) is 0.949. The smallest absolute Gasteiger partial charge is 0.339 e. The summed E-state index contributed by atoms with van der Waals surface area (Å²) in [5.41, 5.74) is 4.31. The maximum absolute atomic E-state index is 13.4. The fourth-order valence-electron chi connectivity index (χ4n) is 6.36. The lowest BCUT2D eigenvalue weighted by Crippen LogP contribution is -2.45. The van der Waals surface area contributed by atoms with Crippen molar-refractivity contribution in [2.75, 3.05) is 31.7 Å². The molecule has 266 valence electrons. The maximum Gasteiger partial charge on any atom is 0.339 e. The number of hydrogen-bond acceptors (Lipinski definition) is 8. The highest BCUT2D eigenvalue weighted by Gasteiger charge is 2.38. The zero-order chi connectivity index (χ0) is 36.2. The van der Waals surface area contributed by atoms with Crippen molar-refractivity contribution in [2.24, 2.45) is 0 Å². The number of carbonyl (C=O) groups is 1. The summed E-state index contributed by atoms with van der Waals surface area (Å²) in [5, 5.41) is 5.74. The minimum Gasteiger partial charge on any atom is -0.490 e. The van der Waals surface area contributed by atoms with Crippen LogP contribution in [0.15, 0.2) is 73.8 Å². The van der Waals surface area contributed by atoms with Gasteiger partial charge in [-0.2, -0.15) is 9.61 Å². The molecule has 2 aromatic heterocycles. The molecule has 4 aromatic rings. The number of anilines is 1. The van der Waals surface area contributed by atoms with E-state index >= 15 is 0 Å². The van der Waals surface area contributed by atoms with Crippen LogP contribution >= 0.6 is 11.6 Å². The van der Waals surface area contributed by atoms with Gasteiger partial charge in [0, 0.05) is 42.4 Å². The molecule has 10 heteroatoms. The Balaban J connectivity index is 1.65. The second-order valence-corrected chi connectivity index (χ2v) is 14.5. The van der Waals surface area contributed by atoms with Crippen LogP contribution in [-0.4, -0.2) is 64.7 Å². The normalized spacial score (nSPS) is 15.8. The van der Waals surface area contributed by atoms with E-state index in [1.54, 1.807) is 6.08 Å². The number of methoxy groups -OCH3 is 1. The molecule has 2 aromatic carbocycles. The molecular weight excluding hydrogens is 652 g/mol. The first kappa shape index (κ1) is 37.1. The highest BCUT2D eigenvalue weighted by atomic mass is 35.5. The molecule has 0 unspecified atom stereocenters. The SMILES string of the molecule is C=CCOC1(C)CCN(c2c([C@H](OC(C)(C)C)C(=O)OC)c(C)nc3cc(-c4cccc(-c5c(Cl)cccc5O[C@@H](C)CC=C)c4)nn23)CC1. The number of aromatic nitrogens is 3. The van der Waals surface area contributed by atoms with Gasteiger partial charge in [0.2, 0.25) is 0 Å². The van der Waals surface area contributed by atoms with E-state index in [4.69, 9.17) is 40.6 Å². The van der Waals surface area contributed by atoms with Gasteiger partial charge in [-0.05, 0) is 78.1 Å². The van der Waals surface area contributed by atoms with Gasteiger partial charge in [-0.3, -0.25) is 0 Å². The number of halogens is 1. The summed E-state index contributed by atoms with van der Waals surface area (Å²) in [7, 11) is 1.38. The average Bonchev–Trinajstić information content (AvgIpc) is 3.49. The van der Waals surface area contributed by atoms with E-state index in [-0.39, 0.29) is 11.7 Å². The van der Waals surface area contributed by atoms with Gasteiger partial charge >= 0.3 is 5.97 Å². The molecule has 1 saturated heterocycles. The van der Waals surface area contributed by atoms with E-state index in [0.717, 1.165) is 35.3 Å². The average molecular weight is 701 g/mol. The predicted octanol–water partition coefficient (Wildman–Crippen LogP) is 8.96. The molecule has 0 bridgehead atoms. The van der Waals surface area contributed by atoms with Crippen LogP contribution in [0.2, 0.25) is 5.02 Å². The Morgan fingerprint density at radius 2 is 1.78 bits per heavy atom. The van der Waals surface area contributed by atoms with E-state index in [9.17, 15) is 4.79 Å². The molecule has 50 heavy (non-hydrogen) atoms. The highest BCUT2D eigenvalue weighted by Crippen LogP contribution is 2.41. The van der Waals surface area contributed by atoms with Gasteiger partial charge in [-0.15, -0.1) is 13.2 Å². The van der Waals surface area contributed by atoms with Crippen molar-refractivity contribution < 1.29 is 23.7 Å². The minimum atomic E-state index is -1.02. The van der Waals surface area contributed by atoms with E-state index in [1.807, 2.05) is 87.7 Å². The van der Waals surface area contributed by atoms with Crippen molar-refractivity contribution in [3.63, 3.8) is 0 Å². The van der Waals surface area contributed by atoms with Crippen LogP contribution in [0.4, 0.5) is 5.82 Å². The molecule has 0 N–H and O–H groups in total. The largest absolute Gasteiger partial charge is 0.490 e. The molecule has 1 aliphatic heterocycles. The van der Waals surface area contributed by atoms with Crippen LogP contribution in [0.3, 0.4) is 0 Å². The number of rotatable bonds is 13. The van der Waals surface area contributed by atoms with Gasteiger partial charge in [0.1, 0.15) is 11.6 Å². The minimum absolute atomic E-state index is 0.0643. The summed E-state index contributed by atoms with van der Waals surface area (Å²) in [4.78, 5) is 20.6. The Bertz CT molecular complexity index is 1850. The number of ether oxygens (including phenoxy) is 4. The third-order valence-corrected chi connectivity index (χ3v) is 9.19. The predicted molar refractivity (Wildman–Crippen MR) is 200 cm³/mol. The first-order valence-corrected chi connectivity index (χ1v) is 17.5. The molecule has 1 aliphatic rings. The van der Waals surface area contributed by atoms with Crippen molar-refractivity contribution in [3.8, 4) is 28.1 Å². The standard InChI is InChI=1S/C40H49ClN4O5/c1-10-14-26(3)49-32-18-13-17-30(41)35(32)29-16-12-15-28(24-29)31-25-33-42-27(4)34(36(38(46)47-9)50-39(5,6)7)37(45(33)43-31)44-21-19-40(8,20-22-44)48-23-11-2/h10-13,15-18,24-26,36H,1-2,14,19-23H2,3-9H3/t26-,36-/m0/s1. The van der Waals surface area contributed by atoms with Crippen LogP contribution in [0.5, 0.6) is 5.75 Å². The number of hydrogen-bond donors (Lipinski definition) is 0. The second kappa shape index (κ2) is 15.4. The lowest BCUT2D eigenvalue weighted by Gasteiger charge is -2.41. The van der Waals surface area contributed by atoms with Crippen molar-refractivity contribution in [2.45, 2.75) is 84.2 Å². The number of fused-ring (bicyclic) bond motifs is 1. The van der Waals surface area contributed by atoms with Crippen molar-refractivity contribution in [3.05, 3.63) is 90.1 Å². The van der Waals surface area contributed by atoms with Gasteiger partial charge in [0.25, 0.3) is 0 Å². The molecule has 0 radical (unpaired) electrons. The van der Waals surface area contributed by atoms with E-state index in [1.165, 1.54) is 7.11 Å². The molecule has 1 fully saturated rings. The Hall–Kier alpha value is -4.18. The summed E-state index contributed by atoms with van der Waals surface area (Å²) in [6.07, 6.45) is 4.79. The summed E-state index contributed by atoms with van der Waals surface area (Å²) in [6.45, 7) is 21.3. The Kier molecular flexibility index (Phi) is 11.4. The van der Waals surface area contributed by atoms with Crippen LogP contribution in [0.25, 0.3) is 28.0 Å². The lowest BCUT2D eigenvalue weighted by atomic mass is 9.92. The lowest BCUT2D eigenvalue weighted by molar-refractivity contribution is -0.164. The number of nitrogens with zero attached hydrogens (tertiary/aromatic N) is 4. The number of piperidine rings is 1. The first-order chi connectivity index (χ1) is 23.8. The fourth-order valence-corrected chi connectivity index (χ4v) is 6.64. The van der Waals surface area contributed by atoms with Gasteiger partial charge in [-0.25, -0.2) is 9.78 Å². The number of aryl methyl sites for hydroxylation is 1. The molecule has 0 spiro atoms. The van der Waals surface area contributed by atoms with Crippen molar-refractivity contribution >= 4 is 29.0 Å². The van der Waals surface area contributed by atoms with Gasteiger partial charge in [0.15, 0.2) is 11.8 Å². The third kappa shape index (κ3) is 8.23. The summed E-state index contributed by atoms with van der Waals surface area (Å²) >= 11 is 6.79. The molecule has 0 saturated carbocycles. The maximum atomic E-state index is 13.4. The zero-order valence-corrected chi connectivity index (χ0v) is 31.0. The van der Waals surface area contributed by atoms with Crippen molar-refractivity contribution in [1.29, 1.82) is 0 Å². The fraction of sp³-hybridized carbons (Fsp3) is 0.425. The van der Waals surface area contributed by atoms with E-state index in [2.05, 4.69) is 31.0 Å². The summed E-state index contributed by atoms with van der Waals surface area (Å²) < 4.78 is 26.0. The highest BCUT2D eigenvalue weighted by molar-refractivity contribution is 6.33. The van der Waals surface area contributed by atoms with Crippen molar-refractivity contribution in [1.82, 2.24) is 14.6 Å². The van der Waals surface area contributed by atoms with Crippen LogP contribution < -0.4 is 9.64 Å². The quantitative estimate of drug-likeness (QED) is 0.101. The monoisotopic (exact) mass is 700 g/mol. The van der Waals surface area contributed by atoms with Crippen LogP contribution in [-0.2, 0) is 19.0 Å². The number of carbonyl (C=O) groups excluding carboxylic acids is 1. The molecule has 2 atom stereocenters. The van der Waals surface area contributed by atoms with Crippen LogP contribution in [0.1, 0.15) is 71.2 Å². The Morgan fingerprint density at radius 1 is 1.08 bits per heavy atom. The zero-order valence-electron chi connectivity index (χ0n) is 30.3. The Morgan fingerprint density at radius 3 is 2.44 bits per heavy atom. The van der Waals surface area contributed by atoms with Gasteiger partial charge in [0.05, 0.1) is 47.3 Å². The molecule has 3 heterocycles. The second-order valence-electron chi connectivity index (χ2n) is 14.1. The Labute approximate surface area is 300 Å². The molecule has 0 aliphatic carbocycles. The molecular formula is C40H49ClN4O5. The van der Waals surface area contributed by atoms with Gasteiger partial charge in [-0.1, -0.05) is 48.0 Å². The topological polar surface area (TPSA) is 87.4 Å².